The second kappa shape index (κ2) is 3.10. The Hall–Kier alpha value is -1.49. The van der Waals surface area contributed by atoms with Crippen LogP contribution in [-0.2, 0) is 6.42 Å². The zero-order valence-corrected chi connectivity index (χ0v) is 7.58. The van der Waals surface area contributed by atoms with Crippen LogP contribution < -0.4 is 4.74 Å². The molecule has 0 saturated heterocycles. The molecule has 1 aliphatic rings. The van der Waals surface area contributed by atoms with E-state index in [0.29, 0.717) is 0 Å². The van der Waals surface area contributed by atoms with Gasteiger partial charge in [-0.2, -0.15) is 0 Å². The lowest BCUT2D eigenvalue weighted by molar-refractivity contribution is 0.357. The van der Waals surface area contributed by atoms with Crippen molar-refractivity contribution >= 4 is 0 Å². The zero-order valence-electron chi connectivity index (χ0n) is 7.58. The lowest BCUT2D eigenvalue weighted by Crippen LogP contribution is -1.88. The van der Waals surface area contributed by atoms with Crippen molar-refractivity contribution in [3.05, 3.63) is 40.7 Å². The van der Waals surface area contributed by atoms with Gasteiger partial charge in [0.25, 0.3) is 0 Å². The van der Waals surface area contributed by atoms with Gasteiger partial charge in [-0.05, 0) is 23.8 Å². The van der Waals surface area contributed by atoms with Crippen LogP contribution in [0.25, 0.3) is 4.85 Å². The lowest BCUT2D eigenvalue weighted by Gasteiger charge is -2.02. The maximum atomic E-state index is 6.94. The van der Waals surface area contributed by atoms with E-state index in [9.17, 15) is 0 Å². The van der Waals surface area contributed by atoms with Crippen molar-refractivity contribution in [2.24, 2.45) is 0 Å². The Bertz CT molecular complexity index is 365. The predicted molar refractivity (Wildman–Crippen MR) is 50.7 cm³/mol. The summed E-state index contributed by atoms with van der Waals surface area (Å²) in [5.74, 6) is 0.987. The maximum absolute atomic E-state index is 6.94. The largest absolute Gasteiger partial charge is 0.493 e. The van der Waals surface area contributed by atoms with Gasteiger partial charge in [-0.1, -0.05) is 0 Å². The smallest absolute Gasteiger partial charge is 0.245 e. The van der Waals surface area contributed by atoms with E-state index < -0.39 is 0 Å². The van der Waals surface area contributed by atoms with Gasteiger partial charge in [0.15, 0.2) is 0 Å². The second-order valence-electron chi connectivity index (χ2n) is 3.27. The molecule has 2 heteroatoms. The lowest BCUT2D eigenvalue weighted by atomic mass is 10.0. The quantitative estimate of drug-likeness (QED) is 0.595. The molecule has 66 valence electrons. The van der Waals surface area contributed by atoms with E-state index in [0.717, 1.165) is 24.3 Å². The van der Waals surface area contributed by atoms with Gasteiger partial charge in [-0.25, -0.2) is 6.57 Å². The zero-order chi connectivity index (χ0) is 9.26. The van der Waals surface area contributed by atoms with Crippen LogP contribution in [-0.4, -0.2) is 6.61 Å². The molecule has 0 aliphatic carbocycles. The monoisotopic (exact) mass is 173 g/mol. The summed E-state index contributed by atoms with van der Waals surface area (Å²) in [4.78, 5) is 3.49. The molecule has 0 fully saturated rings. The van der Waals surface area contributed by atoms with E-state index in [4.69, 9.17) is 11.3 Å². The Kier molecular flexibility index (Phi) is 1.94. The van der Waals surface area contributed by atoms with Gasteiger partial charge in [0.2, 0.25) is 6.04 Å². The van der Waals surface area contributed by atoms with Crippen LogP contribution in [0.5, 0.6) is 5.75 Å². The van der Waals surface area contributed by atoms with Crippen molar-refractivity contribution in [2.75, 3.05) is 6.61 Å². The molecule has 2 rings (SSSR count). The third-order valence-corrected chi connectivity index (χ3v) is 2.39. The first-order valence-electron chi connectivity index (χ1n) is 4.43. The fourth-order valence-electron chi connectivity index (χ4n) is 1.54. The molecule has 1 unspecified atom stereocenters. The highest BCUT2D eigenvalue weighted by molar-refractivity contribution is 5.41. The van der Waals surface area contributed by atoms with Crippen molar-refractivity contribution in [2.45, 2.75) is 19.4 Å². The highest BCUT2D eigenvalue weighted by Gasteiger charge is 2.15. The van der Waals surface area contributed by atoms with Crippen molar-refractivity contribution in [3.63, 3.8) is 0 Å². The highest BCUT2D eigenvalue weighted by atomic mass is 16.5. The van der Waals surface area contributed by atoms with Crippen molar-refractivity contribution in [1.82, 2.24) is 0 Å². The van der Waals surface area contributed by atoms with Gasteiger partial charge in [0.05, 0.1) is 6.61 Å². The van der Waals surface area contributed by atoms with Gasteiger partial charge in [-0.3, -0.25) is 0 Å². The summed E-state index contributed by atoms with van der Waals surface area (Å²) < 4.78 is 5.39. The van der Waals surface area contributed by atoms with Crippen LogP contribution >= 0.6 is 0 Å². The molecule has 1 heterocycles. The Labute approximate surface area is 78.0 Å². The van der Waals surface area contributed by atoms with Crippen LogP contribution in [0.15, 0.2) is 18.2 Å². The molecule has 13 heavy (non-hydrogen) atoms. The average Bonchev–Trinajstić information content (AvgIpc) is 2.63. The third-order valence-electron chi connectivity index (χ3n) is 2.39. The van der Waals surface area contributed by atoms with E-state index in [1.807, 2.05) is 19.1 Å². The fraction of sp³-hybridized carbons (Fsp3) is 0.364. The maximum Gasteiger partial charge on any atom is 0.245 e. The SMILES string of the molecule is [C-]#[N+]C(C)c1ccc2c(c1)CCO2. The van der Waals surface area contributed by atoms with E-state index in [-0.39, 0.29) is 6.04 Å². The van der Waals surface area contributed by atoms with E-state index >= 15 is 0 Å². The van der Waals surface area contributed by atoms with Crippen molar-refractivity contribution in [1.29, 1.82) is 0 Å². The molecule has 1 aromatic rings. The molecule has 0 spiro atoms. The molecule has 1 atom stereocenters. The summed E-state index contributed by atoms with van der Waals surface area (Å²) in [5, 5.41) is 0. The van der Waals surface area contributed by atoms with E-state index in [1.165, 1.54) is 5.56 Å². The van der Waals surface area contributed by atoms with Crippen LogP contribution in [0, 0.1) is 6.57 Å². The number of ether oxygens (including phenoxy) is 1. The van der Waals surface area contributed by atoms with E-state index in [1.54, 1.807) is 0 Å². The first-order chi connectivity index (χ1) is 6.31. The number of fused-ring (bicyclic) bond motifs is 1. The second-order valence-corrected chi connectivity index (χ2v) is 3.27. The van der Waals surface area contributed by atoms with Crippen LogP contribution in [0.4, 0.5) is 0 Å². The summed E-state index contributed by atoms with van der Waals surface area (Å²) in [6, 6.07) is 6.00. The third kappa shape index (κ3) is 1.38. The number of nitrogens with zero attached hydrogens (tertiary/aromatic N) is 1. The minimum atomic E-state index is -0.0362. The molecular formula is C11H11NO. The first-order valence-corrected chi connectivity index (χ1v) is 4.43. The molecule has 1 aromatic carbocycles. The van der Waals surface area contributed by atoms with Crippen LogP contribution in [0.3, 0.4) is 0 Å². The number of hydrogen-bond acceptors (Lipinski definition) is 1. The molecule has 0 N–H and O–H groups in total. The van der Waals surface area contributed by atoms with Gasteiger partial charge < -0.3 is 9.58 Å². The standard InChI is InChI=1S/C11H11NO/c1-8(12-2)9-3-4-11-10(7-9)5-6-13-11/h3-4,7-8H,5-6H2,1H3. The molecule has 0 bridgehead atoms. The van der Waals surface area contributed by atoms with Gasteiger partial charge >= 0.3 is 0 Å². The molecular weight excluding hydrogens is 162 g/mol. The van der Waals surface area contributed by atoms with Crippen molar-refractivity contribution < 1.29 is 4.74 Å². The Morgan fingerprint density at radius 3 is 3.15 bits per heavy atom. The summed E-state index contributed by atoms with van der Waals surface area (Å²) in [6.45, 7) is 9.64. The normalized spacial score (nSPS) is 15.7. The topological polar surface area (TPSA) is 13.6 Å². The van der Waals surface area contributed by atoms with Crippen LogP contribution in [0.1, 0.15) is 24.1 Å². The van der Waals surface area contributed by atoms with Crippen LogP contribution in [0.2, 0.25) is 0 Å². The summed E-state index contributed by atoms with van der Waals surface area (Å²) in [7, 11) is 0. The Morgan fingerprint density at radius 1 is 1.54 bits per heavy atom. The van der Waals surface area contributed by atoms with Crippen molar-refractivity contribution in [3.8, 4) is 5.75 Å². The minimum Gasteiger partial charge on any atom is -0.493 e. The number of rotatable bonds is 1. The summed E-state index contributed by atoms with van der Waals surface area (Å²) in [6.07, 6.45) is 0.980. The number of hydrogen-bond donors (Lipinski definition) is 0. The Balaban J connectivity index is 2.37. The highest BCUT2D eigenvalue weighted by Crippen LogP contribution is 2.28. The molecule has 0 radical (unpaired) electrons. The van der Waals surface area contributed by atoms with Gasteiger partial charge in [-0.15, -0.1) is 0 Å². The molecule has 0 aromatic heterocycles. The van der Waals surface area contributed by atoms with E-state index in [2.05, 4.69) is 10.9 Å². The minimum absolute atomic E-state index is 0.0362. The van der Waals surface area contributed by atoms with Gasteiger partial charge in [0, 0.05) is 18.9 Å². The van der Waals surface area contributed by atoms with Gasteiger partial charge in [0.1, 0.15) is 5.75 Å². The fourth-order valence-corrected chi connectivity index (χ4v) is 1.54. The first kappa shape index (κ1) is 8.12. The summed E-state index contributed by atoms with van der Waals surface area (Å²) >= 11 is 0. The average molecular weight is 173 g/mol. The Morgan fingerprint density at radius 2 is 2.38 bits per heavy atom. The molecule has 2 nitrogen and oxygen atoms in total. The number of benzene rings is 1. The molecule has 0 amide bonds. The summed E-state index contributed by atoms with van der Waals surface area (Å²) in [5.41, 5.74) is 2.34. The predicted octanol–water partition coefficient (Wildman–Crippen LogP) is 2.60. The molecule has 0 saturated carbocycles. The molecule has 1 aliphatic heterocycles.